The number of halogens is 1. The first-order valence-electron chi connectivity index (χ1n) is 6.70. The van der Waals surface area contributed by atoms with Gasteiger partial charge in [-0.15, -0.1) is 0 Å². The lowest BCUT2D eigenvalue weighted by atomic mass is 10.1. The maximum atomic E-state index is 11.7. The normalized spacial score (nSPS) is 10.5. The average molecular weight is 305 g/mol. The van der Waals surface area contributed by atoms with Gasteiger partial charge in [-0.25, -0.2) is 9.78 Å². The van der Waals surface area contributed by atoms with Crippen molar-refractivity contribution >= 4 is 23.4 Å². The Hall–Kier alpha value is -2.07. The summed E-state index contributed by atoms with van der Waals surface area (Å²) in [5.41, 5.74) is 2.24. The van der Waals surface area contributed by atoms with Gasteiger partial charge in [0, 0.05) is 5.69 Å². The summed E-state index contributed by atoms with van der Waals surface area (Å²) >= 11 is 6.05. The molecule has 0 bridgehead atoms. The van der Waals surface area contributed by atoms with E-state index in [-0.39, 0.29) is 17.7 Å². The number of hydrogen-bond acceptors (Lipinski definition) is 3. The van der Waals surface area contributed by atoms with Crippen molar-refractivity contribution in [2.24, 2.45) is 0 Å². The fourth-order valence-corrected chi connectivity index (χ4v) is 1.94. The number of carbonyl (C=O) groups excluding carboxylic acids is 1. The minimum absolute atomic E-state index is 0.210. The Morgan fingerprint density at radius 2 is 1.95 bits per heavy atom. The van der Waals surface area contributed by atoms with Crippen molar-refractivity contribution in [1.82, 2.24) is 4.98 Å². The highest BCUT2D eigenvalue weighted by Crippen LogP contribution is 2.23. The highest BCUT2D eigenvalue weighted by atomic mass is 35.5. The standard InChI is InChI=1S/C16H17ClN2O2/c1-11(2)13-8-9-14(15(17)18-13)19-16(20)21-10-12-6-4-3-5-7-12/h3-9,11H,10H2,1-2H3,(H,19,20). The van der Waals surface area contributed by atoms with Gasteiger partial charge in [0.15, 0.2) is 5.15 Å². The Balaban J connectivity index is 1.93. The van der Waals surface area contributed by atoms with Crippen LogP contribution in [0.5, 0.6) is 0 Å². The molecule has 5 heteroatoms. The van der Waals surface area contributed by atoms with Crippen molar-refractivity contribution in [3.05, 3.63) is 58.9 Å². The fraction of sp³-hybridized carbons (Fsp3) is 0.250. The van der Waals surface area contributed by atoms with Gasteiger partial charge in [-0.2, -0.15) is 0 Å². The molecule has 21 heavy (non-hydrogen) atoms. The second-order valence-corrected chi connectivity index (χ2v) is 5.27. The number of aromatic nitrogens is 1. The van der Waals surface area contributed by atoms with Gasteiger partial charge >= 0.3 is 6.09 Å². The summed E-state index contributed by atoms with van der Waals surface area (Å²) in [6.07, 6.45) is -0.556. The Morgan fingerprint density at radius 3 is 2.57 bits per heavy atom. The lowest BCUT2D eigenvalue weighted by Gasteiger charge is -2.10. The molecule has 0 atom stereocenters. The zero-order valence-corrected chi connectivity index (χ0v) is 12.7. The quantitative estimate of drug-likeness (QED) is 0.839. The molecule has 1 aromatic carbocycles. The van der Waals surface area contributed by atoms with Crippen molar-refractivity contribution < 1.29 is 9.53 Å². The second kappa shape index (κ2) is 7.09. The van der Waals surface area contributed by atoms with Crippen molar-refractivity contribution in [2.75, 3.05) is 5.32 Å². The smallest absolute Gasteiger partial charge is 0.412 e. The average Bonchev–Trinajstić information content (AvgIpc) is 2.48. The molecular weight excluding hydrogens is 288 g/mol. The molecule has 0 spiro atoms. The number of anilines is 1. The van der Waals surface area contributed by atoms with E-state index in [9.17, 15) is 4.79 Å². The number of nitrogens with zero attached hydrogens (tertiary/aromatic N) is 1. The van der Waals surface area contributed by atoms with Crippen LogP contribution in [0.25, 0.3) is 0 Å². The monoisotopic (exact) mass is 304 g/mol. The summed E-state index contributed by atoms with van der Waals surface area (Å²) < 4.78 is 5.13. The number of nitrogens with one attached hydrogen (secondary N) is 1. The predicted molar refractivity (Wildman–Crippen MR) is 83.6 cm³/mol. The van der Waals surface area contributed by atoms with Crippen LogP contribution in [-0.4, -0.2) is 11.1 Å². The van der Waals surface area contributed by atoms with Crippen molar-refractivity contribution in [3.8, 4) is 0 Å². The van der Waals surface area contributed by atoms with E-state index in [0.29, 0.717) is 5.69 Å². The molecule has 0 fully saturated rings. The molecular formula is C16H17ClN2O2. The van der Waals surface area contributed by atoms with Crippen LogP contribution in [-0.2, 0) is 11.3 Å². The summed E-state index contributed by atoms with van der Waals surface area (Å²) in [5, 5.41) is 2.85. The maximum Gasteiger partial charge on any atom is 0.412 e. The minimum Gasteiger partial charge on any atom is -0.444 e. The zero-order chi connectivity index (χ0) is 15.2. The largest absolute Gasteiger partial charge is 0.444 e. The number of benzene rings is 1. The van der Waals surface area contributed by atoms with Gasteiger partial charge in [-0.1, -0.05) is 55.8 Å². The molecule has 1 amide bonds. The van der Waals surface area contributed by atoms with Crippen molar-refractivity contribution in [1.29, 1.82) is 0 Å². The van der Waals surface area contributed by atoms with Crippen LogP contribution in [0.4, 0.5) is 10.5 Å². The first kappa shape index (κ1) is 15.3. The van der Waals surface area contributed by atoms with Crippen molar-refractivity contribution in [3.63, 3.8) is 0 Å². The highest BCUT2D eigenvalue weighted by Gasteiger charge is 2.10. The number of pyridine rings is 1. The van der Waals surface area contributed by atoms with E-state index in [1.807, 2.05) is 50.2 Å². The summed E-state index contributed by atoms with van der Waals surface area (Å²) in [4.78, 5) is 16.0. The van der Waals surface area contributed by atoms with Gasteiger partial charge < -0.3 is 4.74 Å². The molecule has 0 saturated carbocycles. The molecule has 110 valence electrons. The number of amides is 1. The Labute approximate surface area is 129 Å². The number of hydrogen-bond donors (Lipinski definition) is 1. The number of ether oxygens (including phenoxy) is 1. The molecule has 0 aliphatic carbocycles. The Bertz CT molecular complexity index is 615. The van der Waals surface area contributed by atoms with E-state index < -0.39 is 6.09 Å². The summed E-state index contributed by atoms with van der Waals surface area (Å²) in [6, 6.07) is 13.0. The molecule has 2 aromatic rings. The molecule has 0 aliphatic heterocycles. The van der Waals surface area contributed by atoms with E-state index >= 15 is 0 Å². The molecule has 2 rings (SSSR count). The molecule has 1 heterocycles. The third kappa shape index (κ3) is 4.46. The molecule has 0 aliphatic rings. The molecule has 1 N–H and O–H groups in total. The van der Waals surface area contributed by atoms with Crippen LogP contribution in [0.1, 0.15) is 31.0 Å². The second-order valence-electron chi connectivity index (χ2n) is 4.92. The predicted octanol–water partition coefficient (Wildman–Crippen LogP) is 4.61. The van der Waals surface area contributed by atoms with Gasteiger partial charge in [0.05, 0.1) is 5.69 Å². The van der Waals surface area contributed by atoms with Gasteiger partial charge in [0.2, 0.25) is 0 Å². The Morgan fingerprint density at radius 1 is 1.24 bits per heavy atom. The number of rotatable bonds is 4. The van der Waals surface area contributed by atoms with E-state index in [1.54, 1.807) is 6.07 Å². The molecule has 4 nitrogen and oxygen atoms in total. The summed E-state index contributed by atoms with van der Waals surface area (Å²) in [5.74, 6) is 0.279. The zero-order valence-electron chi connectivity index (χ0n) is 12.0. The van der Waals surface area contributed by atoms with E-state index in [2.05, 4.69) is 10.3 Å². The molecule has 0 saturated heterocycles. The maximum absolute atomic E-state index is 11.7. The van der Waals surface area contributed by atoms with Gasteiger partial charge in [-0.3, -0.25) is 5.32 Å². The van der Waals surface area contributed by atoms with Crippen LogP contribution in [0.2, 0.25) is 5.15 Å². The van der Waals surface area contributed by atoms with Gasteiger partial charge in [0.25, 0.3) is 0 Å². The van der Waals surface area contributed by atoms with Crippen LogP contribution in [0.3, 0.4) is 0 Å². The van der Waals surface area contributed by atoms with Gasteiger partial charge in [-0.05, 0) is 23.6 Å². The van der Waals surface area contributed by atoms with Crippen molar-refractivity contribution in [2.45, 2.75) is 26.4 Å². The third-order valence-electron chi connectivity index (χ3n) is 2.91. The first-order valence-corrected chi connectivity index (χ1v) is 7.08. The highest BCUT2D eigenvalue weighted by molar-refractivity contribution is 6.32. The van der Waals surface area contributed by atoms with E-state index in [0.717, 1.165) is 11.3 Å². The molecule has 0 radical (unpaired) electrons. The summed E-state index contributed by atoms with van der Waals surface area (Å²) in [6.45, 7) is 4.27. The lowest BCUT2D eigenvalue weighted by Crippen LogP contribution is -2.14. The topological polar surface area (TPSA) is 51.2 Å². The number of carbonyl (C=O) groups is 1. The van der Waals surface area contributed by atoms with Crippen LogP contribution in [0.15, 0.2) is 42.5 Å². The SMILES string of the molecule is CC(C)c1ccc(NC(=O)OCc2ccccc2)c(Cl)n1. The van der Waals surface area contributed by atoms with E-state index in [1.165, 1.54) is 0 Å². The minimum atomic E-state index is -0.556. The third-order valence-corrected chi connectivity index (χ3v) is 3.20. The Kier molecular flexibility index (Phi) is 5.17. The van der Waals surface area contributed by atoms with Gasteiger partial charge in [0.1, 0.15) is 6.61 Å². The van der Waals surface area contributed by atoms with Crippen LogP contribution >= 0.6 is 11.6 Å². The lowest BCUT2D eigenvalue weighted by molar-refractivity contribution is 0.155. The van der Waals surface area contributed by atoms with Crippen LogP contribution in [0, 0.1) is 0 Å². The van der Waals surface area contributed by atoms with Crippen LogP contribution < -0.4 is 5.32 Å². The first-order chi connectivity index (χ1) is 10.1. The fourth-order valence-electron chi connectivity index (χ4n) is 1.73. The molecule has 1 aromatic heterocycles. The summed E-state index contributed by atoms with van der Waals surface area (Å²) in [7, 11) is 0. The van der Waals surface area contributed by atoms with E-state index in [4.69, 9.17) is 16.3 Å². The molecule has 0 unspecified atom stereocenters.